The molecule has 0 aliphatic carbocycles. The molecule has 2 heteroatoms. The molecule has 0 bridgehead atoms. The molecule has 1 unspecified atom stereocenters. The summed E-state index contributed by atoms with van der Waals surface area (Å²) in [6.45, 7) is 12.7. The van der Waals surface area contributed by atoms with Crippen LogP contribution in [0.2, 0.25) is 0 Å². The molecular formula is C24H46O2. The van der Waals surface area contributed by atoms with Gasteiger partial charge in [-0.1, -0.05) is 78.7 Å². The zero-order valence-electron chi connectivity index (χ0n) is 18.3. The summed E-state index contributed by atoms with van der Waals surface area (Å²) in [4.78, 5) is 12.6. The van der Waals surface area contributed by atoms with E-state index in [1.165, 1.54) is 25.7 Å². The van der Waals surface area contributed by atoms with Crippen molar-refractivity contribution in [2.24, 2.45) is 5.92 Å². The van der Waals surface area contributed by atoms with Gasteiger partial charge in [0.15, 0.2) is 0 Å². The first-order valence-electron chi connectivity index (χ1n) is 11.4. The van der Waals surface area contributed by atoms with Crippen molar-refractivity contribution >= 4 is 5.97 Å². The molecular weight excluding hydrogens is 320 g/mol. The van der Waals surface area contributed by atoms with Crippen LogP contribution < -0.4 is 0 Å². The Morgan fingerprint density at radius 3 is 2.00 bits per heavy atom. The summed E-state index contributed by atoms with van der Waals surface area (Å²) in [7, 11) is 0. The van der Waals surface area contributed by atoms with Gasteiger partial charge in [0, 0.05) is 6.42 Å². The monoisotopic (exact) mass is 366 g/mol. The van der Waals surface area contributed by atoms with E-state index in [4.69, 9.17) is 4.74 Å². The fraction of sp³-hybridized carbons (Fsp3) is 0.875. The number of hydrogen-bond donors (Lipinski definition) is 0. The lowest BCUT2D eigenvalue weighted by atomic mass is 9.76. The van der Waals surface area contributed by atoms with Crippen molar-refractivity contribution in [3.05, 3.63) is 12.7 Å². The van der Waals surface area contributed by atoms with Gasteiger partial charge in [0.2, 0.25) is 0 Å². The maximum Gasteiger partial charge on any atom is 0.306 e. The molecule has 154 valence electrons. The summed E-state index contributed by atoms with van der Waals surface area (Å²) in [6, 6.07) is 0. The molecule has 0 radical (unpaired) electrons. The Kier molecular flexibility index (Phi) is 15.9. The second kappa shape index (κ2) is 16.4. The van der Waals surface area contributed by atoms with Gasteiger partial charge in [0.25, 0.3) is 0 Å². The first kappa shape index (κ1) is 25.2. The summed E-state index contributed by atoms with van der Waals surface area (Å²) in [5.74, 6) is 0.536. The van der Waals surface area contributed by atoms with Crippen LogP contribution in [-0.4, -0.2) is 11.6 Å². The van der Waals surface area contributed by atoms with E-state index in [9.17, 15) is 4.79 Å². The molecule has 26 heavy (non-hydrogen) atoms. The predicted molar refractivity (Wildman–Crippen MR) is 114 cm³/mol. The fourth-order valence-corrected chi connectivity index (χ4v) is 4.30. The van der Waals surface area contributed by atoms with Crippen LogP contribution in [0, 0.1) is 5.92 Å². The van der Waals surface area contributed by atoms with E-state index in [0.717, 1.165) is 64.2 Å². The Labute approximate surface area is 164 Å². The number of allylic oxidation sites excluding steroid dienone is 1. The Morgan fingerprint density at radius 1 is 0.923 bits per heavy atom. The molecule has 2 nitrogen and oxygen atoms in total. The molecule has 0 heterocycles. The van der Waals surface area contributed by atoms with E-state index < -0.39 is 0 Å². The maximum absolute atomic E-state index is 12.6. The zero-order valence-corrected chi connectivity index (χ0v) is 18.3. The lowest BCUT2D eigenvalue weighted by molar-refractivity contribution is -0.170. The Hall–Kier alpha value is -0.790. The molecule has 0 aliphatic heterocycles. The molecule has 0 aromatic rings. The third-order valence-corrected chi connectivity index (χ3v) is 5.58. The van der Waals surface area contributed by atoms with Gasteiger partial charge in [0.1, 0.15) is 5.60 Å². The first-order valence-corrected chi connectivity index (χ1v) is 11.4. The predicted octanol–water partition coefficient (Wildman–Crippen LogP) is 8.00. The summed E-state index contributed by atoms with van der Waals surface area (Å²) < 4.78 is 6.23. The molecule has 0 fully saturated rings. The van der Waals surface area contributed by atoms with Gasteiger partial charge >= 0.3 is 5.97 Å². The van der Waals surface area contributed by atoms with Gasteiger partial charge in [-0.25, -0.2) is 0 Å². The molecule has 0 amide bonds. The Balaban J connectivity index is 4.46. The van der Waals surface area contributed by atoms with E-state index in [1.54, 1.807) is 0 Å². The van der Waals surface area contributed by atoms with Gasteiger partial charge in [-0.2, -0.15) is 0 Å². The van der Waals surface area contributed by atoms with Crippen LogP contribution in [-0.2, 0) is 9.53 Å². The van der Waals surface area contributed by atoms with E-state index >= 15 is 0 Å². The van der Waals surface area contributed by atoms with Gasteiger partial charge in [-0.15, -0.1) is 6.58 Å². The van der Waals surface area contributed by atoms with E-state index in [1.807, 2.05) is 6.08 Å². The normalized spacial score (nSPS) is 12.8. The second-order valence-electron chi connectivity index (χ2n) is 7.88. The molecule has 1 atom stereocenters. The van der Waals surface area contributed by atoms with E-state index in [-0.39, 0.29) is 11.6 Å². The van der Waals surface area contributed by atoms with Crippen molar-refractivity contribution in [3.63, 3.8) is 0 Å². The average molecular weight is 367 g/mol. The highest BCUT2D eigenvalue weighted by molar-refractivity contribution is 5.69. The van der Waals surface area contributed by atoms with E-state index in [0.29, 0.717) is 12.3 Å². The molecule has 0 N–H and O–H groups in total. The number of unbranched alkanes of at least 4 members (excludes halogenated alkanes) is 6. The van der Waals surface area contributed by atoms with Crippen LogP contribution >= 0.6 is 0 Å². The van der Waals surface area contributed by atoms with Gasteiger partial charge in [-0.05, 0) is 50.9 Å². The van der Waals surface area contributed by atoms with Crippen molar-refractivity contribution in [2.75, 3.05) is 0 Å². The topological polar surface area (TPSA) is 26.3 Å². The molecule has 0 aromatic carbocycles. The third kappa shape index (κ3) is 10.4. The summed E-state index contributed by atoms with van der Waals surface area (Å²) in [5.41, 5.74) is -0.226. The number of esters is 1. The Bertz CT molecular complexity index is 342. The van der Waals surface area contributed by atoms with Gasteiger partial charge < -0.3 is 4.74 Å². The second-order valence-corrected chi connectivity index (χ2v) is 7.88. The number of hydrogen-bond acceptors (Lipinski definition) is 2. The highest BCUT2D eigenvalue weighted by Crippen LogP contribution is 2.38. The smallest absolute Gasteiger partial charge is 0.306 e. The number of ether oxygens (including phenoxy) is 1. The van der Waals surface area contributed by atoms with Crippen LogP contribution in [0.15, 0.2) is 12.7 Å². The highest BCUT2D eigenvalue weighted by atomic mass is 16.6. The van der Waals surface area contributed by atoms with Crippen LogP contribution in [0.25, 0.3) is 0 Å². The van der Waals surface area contributed by atoms with Crippen LogP contribution in [0.1, 0.15) is 124 Å². The standard InChI is InChI=1S/C24H46O2/c1-6-11-12-13-14-15-16-17-19-23(25)26-24(20-8-3,21-9-4)22(10-5)18-7-2/h6,22H,1,7-21H2,2-5H3. The molecule has 0 aliphatic rings. The molecule has 0 rings (SSSR count). The quantitative estimate of drug-likeness (QED) is 0.139. The maximum atomic E-state index is 12.6. The minimum absolute atomic E-state index is 0.0353. The van der Waals surface area contributed by atoms with Crippen molar-refractivity contribution < 1.29 is 9.53 Å². The Morgan fingerprint density at radius 2 is 1.50 bits per heavy atom. The lowest BCUT2D eigenvalue weighted by Crippen LogP contribution is -2.42. The SMILES string of the molecule is C=CCCCCCCCCC(=O)OC(CCC)(CCC)C(CC)CCC. The molecule has 0 spiro atoms. The summed E-state index contributed by atoms with van der Waals surface area (Å²) in [5, 5.41) is 0. The van der Waals surface area contributed by atoms with Gasteiger partial charge in [-0.3, -0.25) is 4.79 Å². The number of rotatable bonds is 18. The lowest BCUT2D eigenvalue weighted by Gasteiger charge is -2.40. The highest BCUT2D eigenvalue weighted by Gasteiger charge is 2.39. The minimum atomic E-state index is -0.226. The number of carbonyl (C=O) groups excluding carboxylic acids is 1. The van der Waals surface area contributed by atoms with Crippen molar-refractivity contribution in [1.82, 2.24) is 0 Å². The molecule has 0 aromatic heterocycles. The third-order valence-electron chi connectivity index (χ3n) is 5.58. The fourth-order valence-electron chi connectivity index (χ4n) is 4.30. The summed E-state index contributed by atoms with van der Waals surface area (Å²) in [6.07, 6.45) is 18.5. The minimum Gasteiger partial charge on any atom is -0.459 e. The van der Waals surface area contributed by atoms with Crippen LogP contribution in [0.3, 0.4) is 0 Å². The zero-order chi connectivity index (χ0) is 19.7. The summed E-state index contributed by atoms with van der Waals surface area (Å²) >= 11 is 0. The first-order chi connectivity index (χ1) is 12.6. The molecule has 0 saturated heterocycles. The van der Waals surface area contributed by atoms with Crippen molar-refractivity contribution in [2.45, 2.75) is 130 Å². The number of carbonyl (C=O) groups is 1. The average Bonchev–Trinajstić information content (AvgIpc) is 2.62. The van der Waals surface area contributed by atoms with E-state index in [2.05, 4.69) is 34.3 Å². The molecule has 0 saturated carbocycles. The van der Waals surface area contributed by atoms with Crippen molar-refractivity contribution in [3.8, 4) is 0 Å². The van der Waals surface area contributed by atoms with Crippen LogP contribution in [0.4, 0.5) is 0 Å². The van der Waals surface area contributed by atoms with Gasteiger partial charge in [0.05, 0.1) is 0 Å². The van der Waals surface area contributed by atoms with Crippen LogP contribution in [0.5, 0.6) is 0 Å². The van der Waals surface area contributed by atoms with Crippen molar-refractivity contribution in [1.29, 1.82) is 0 Å². The largest absolute Gasteiger partial charge is 0.459 e.